The molecular weight excluding hydrogens is 354 g/mol. The second-order valence-corrected chi connectivity index (χ2v) is 7.76. The van der Waals surface area contributed by atoms with E-state index >= 15 is 0 Å². The van der Waals surface area contributed by atoms with Gasteiger partial charge in [-0.3, -0.25) is 9.69 Å². The fourth-order valence-electron chi connectivity index (χ4n) is 2.80. The number of nitrogens with zero attached hydrogens (tertiary/aromatic N) is 2. The zero-order valence-electron chi connectivity index (χ0n) is 13.9. The number of hydrogen-bond donors (Lipinski definition) is 1. The van der Waals surface area contributed by atoms with Crippen molar-refractivity contribution in [3.63, 3.8) is 0 Å². The third kappa shape index (κ3) is 3.06. The predicted octanol–water partition coefficient (Wildman–Crippen LogP) is 4.50. The molecule has 0 saturated carbocycles. The van der Waals surface area contributed by atoms with Crippen LogP contribution in [-0.4, -0.2) is 21.9 Å². The lowest BCUT2D eigenvalue weighted by molar-refractivity contribution is 0.250. The second-order valence-electron chi connectivity index (χ2n) is 5.93. The average molecular weight is 371 g/mol. The first-order chi connectivity index (χ1) is 12.1. The van der Waals surface area contributed by atoms with E-state index in [0.29, 0.717) is 23.5 Å². The van der Waals surface area contributed by atoms with Crippen LogP contribution in [0.1, 0.15) is 23.7 Å². The molecule has 0 aliphatic rings. The molecule has 0 amide bonds. The summed E-state index contributed by atoms with van der Waals surface area (Å²) in [6, 6.07) is 8.11. The Hall–Kier alpha value is -2.22. The van der Waals surface area contributed by atoms with Gasteiger partial charge in [-0.05, 0) is 37.6 Å². The first kappa shape index (κ1) is 16.3. The highest BCUT2D eigenvalue weighted by Crippen LogP contribution is 2.31. The summed E-state index contributed by atoms with van der Waals surface area (Å²) < 4.78 is 5.43. The molecule has 0 spiro atoms. The van der Waals surface area contributed by atoms with Crippen LogP contribution in [0.2, 0.25) is 0 Å². The minimum absolute atomic E-state index is 0.121. The van der Waals surface area contributed by atoms with Gasteiger partial charge in [0, 0.05) is 21.9 Å². The third-order valence-electron chi connectivity index (χ3n) is 4.29. The molecule has 7 heteroatoms. The first-order valence-electron chi connectivity index (χ1n) is 7.91. The molecule has 128 valence electrons. The van der Waals surface area contributed by atoms with Crippen LogP contribution in [0.3, 0.4) is 0 Å². The number of rotatable bonds is 5. The smallest absolute Gasteiger partial charge is 0.260 e. The molecular formula is C18H17N3O2S2. The average Bonchev–Trinajstić information content (AvgIpc) is 3.33. The molecule has 4 aromatic heterocycles. The lowest BCUT2D eigenvalue weighted by Crippen LogP contribution is -2.24. The Balaban J connectivity index is 1.65. The Morgan fingerprint density at radius 3 is 2.92 bits per heavy atom. The van der Waals surface area contributed by atoms with Gasteiger partial charge in [0.25, 0.3) is 5.56 Å². The van der Waals surface area contributed by atoms with Gasteiger partial charge in [-0.2, -0.15) is 0 Å². The second kappa shape index (κ2) is 6.59. The van der Waals surface area contributed by atoms with Crippen molar-refractivity contribution in [3.8, 4) is 11.3 Å². The van der Waals surface area contributed by atoms with Crippen molar-refractivity contribution in [2.45, 2.75) is 19.5 Å². The zero-order valence-corrected chi connectivity index (χ0v) is 15.5. The number of aromatic amines is 1. The highest BCUT2D eigenvalue weighted by molar-refractivity contribution is 7.17. The lowest BCUT2D eigenvalue weighted by atomic mass is 10.2. The van der Waals surface area contributed by atoms with Gasteiger partial charge in [0.15, 0.2) is 0 Å². The number of aromatic nitrogens is 2. The standard InChI is InChI=1S/C18H17N3O2S2/c1-11(14-6-4-8-24-14)21(2)9-15-19-17(22)16-12(10-25-18(16)20-15)13-5-3-7-23-13/h3-8,10-11H,9H2,1-2H3,(H,19,20,22). The van der Waals surface area contributed by atoms with Crippen molar-refractivity contribution in [1.82, 2.24) is 14.9 Å². The van der Waals surface area contributed by atoms with Gasteiger partial charge in [0.1, 0.15) is 16.4 Å². The fourth-order valence-corrected chi connectivity index (χ4v) is 4.60. The molecule has 4 heterocycles. The molecule has 25 heavy (non-hydrogen) atoms. The van der Waals surface area contributed by atoms with E-state index in [4.69, 9.17) is 4.42 Å². The highest BCUT2D eigenvalue weighted by Gasteiger charge is 2.17. The number of thiophene rings is 2. The number of fused-ring (bicyclic) bond motifs is 1. The van der Waals surface area contributed by atoms with Crippen molar-refractivity contribution in [1.29, 1.82) is 0 Å². The summed E-state index contributed by atoms with van der Waals surface area (Å²) in [6.07, 6.45) is 1.61. The molecule has 1 N–H and O–H groups in total. The van der Waals surface area contributed by atoms with Crippen LogP contribution in [0.5, 0.6) is 0 Å². The first-order valence-corrected chi connectivity index (χ1v) is 9.67. The van der Waals surface area contributed by atoms with Gasteiger partial charge < -0.3 is 9.40 Å². The number of hydrogen-bond acceptors (Lipinski definition) is 6. The molecule has 5 nitrogen and oxygen atoms in total. The van der Waals surface area contributed by atoms with E-state index in [1.807, 2.05) is 24.6 Å². The molecule has 0 saturated heterocycles. The normalized spacial score (nSPS) is 12.9. The summed E-state index contributed by atoms with van der Waals surface area (Å²) >= 11 is 3.20. The quantitative estimate of drug-likeness (QED) is 0.561. The number of H-pyrrole nitrogens is 1. The molecule has 0 bridgehead atoms. The van der Waals surface area contributed by atoms with Gasteiger partial charge in [0.2, 0.25) is 0 Å². The third-order valence-corrected chi connectivity index (χ3v) is 6.21. The van der Waals surface area contributed by atoms with Crippen molar-refractivity contribution in [2.24, 2.45) is 0 Å². The zero-order chi connectivity index (χ0) is 17.4. The van der Waals surface area contributed by atoms with Crippen molar-refractivity contribution in [2.75, 3.05) is 7.05 Å². The Morgan fingerprint density at radius 2 is 2.20 bits per heavy atom. The molecule has 0 radical (unpaired) electrons. The molecule has 0 fully saturated rings. The minimum Gasteiger partial charge on any atom is -0.464 e. The highest BCUT2D eigenvalue weighted by atomic mass is 32.1. The van der Waals surface area contributed by atoms with E-state index in [-0.39, 0.29) is 11.6 Å². The Morgan fingerprint density at radius 1 is 1.32 bits per heavy atom. The predicted molar refractivity (Wildman–Crippen MR) is 102 cm³/mol. The van der Waals surface area contributed by atoms with Crippen molar-refractivity contribution < 1.29 is 4.42 Å². The minimum atomic E-state index is -0.121. The monoisotopic (exact) mass is 371 g/mol. The topological polar surface area (TPSA) is 62.1 Å². The molecule has 1 atom stereocenters. The molecule has 4 rings (SSSR count). The van der Waals surface area contributed by atoms with Gasteiger partial charge in [-0.15, -0.1) is 22.7 Å². The lowest BCUT2D eigenvalue weighted by Gasteiger charge is -2.23. The van der Waals surface area contributed by atoms with Crippen LogP contribution in [0.15, 0.2) is 50.5 Å². The summed E-state index contributed by atoms with van der Waals surface area (Å²) in [7, 11) is 2.04. The summed E-state index contributed by atoms with van der Waals surface area (Å²) in [4.78, 5) is 24.4. The number of nitrogens with one attached hydrogen (secondary N) is 1. The SMILES string of the molecule is CC(c1cccs1)N(C)Cc1nc2scc(-c3ccco3)c2c(=O)[nH]1. The van der Waals surface area contributed by atoms with E-state index in [9.17, 15) is 4.79 Å². The van der Waals surface area contributed by atoms with E-state index in [2.05, 4.69) is 39.3 Å². The molecule has 4 aromatic rings. The van der Waals surface area contributed by atoms with Crippen LogP contribution in [-0.2, 0) is 6.54 Å². The van der Waals surface area contributed by atoms with Crippen LogP contribution < -0.4 is 5.56 Å². The Bertz CT molecular complexity index is 1030. The van der Waals surface area contributed by atoms with Gasteiger partial charge in [-0.1, -0.05) is 6.07 Å². The fraction of sp³-hybridized carbons (Fsp3) is 0.222. The van der Waals surface area contributed by atoms with Crippen LogP contribution in [0.4, 0.5) is 0 Å². The van der Waals surface area contributed by atoms with Crippen molar-refractivity contribution >= 4 is 32.9 Å². The van der Waals surface area contributed by atoms with Crippen molar-refractivity contribution in [3.05, 3.63) is 62.3 Å². The molecule has 0 aliphatic carbocycles. The maximum absolute atomic E-state index is 12.6. The summed E-state index contributed by atoms with van der Waals surface area (Å²) in [5, 5.41) is 4.60. The summed E-state index contributed by atoms with van der Waals surface area (Å²) in [5.41, 5.74) is 0.676. The van der Waals surface area contributed by atoms with Gasteiger partial charge in [-0.25, -0.2) is 4.98 Å². The Labute approximate surface area is 152 Å². The maximum atomic E-state index is 12.6. The van der Waals surface area contributed by atoms with Gasteiger partial charge in [0.05, 0.1) is 18.2 Å². The summed E-state index contributed by atoms with van der Waals surface area (Å²) in [5.74, 6) is 1.37. The maximum Gasteiger partial charge on any atom is 0.260 e. The molecule has 1 unspecified atom stereocenters. The van der Waals surface area contributed by atoms with E-state index in [0.717, 1.165) is 10.4 Å². The van der Waals surface area contributed by atoms with Gasteiger partial charge >= 0.3 is 0 Å². The van der Waals surface area contributed by atoms with E-state index in [1.54, 1.807) is 17.6 Å². The van der Waals surface area contributed by atoms with E-state index in [1.165, 1.54) is 16.2 Å². The molecule has 0 aromatic carbocycles. The van der Waals surface area contributed by atoms with Crippen LogP contribution in [0, 0.1) is 0 Å². The Kier molecular flexibility index (Phi) is 4.29. The van der Waals surface area contributed by atoms with Crippen LogP contribution in [0.25, 0.3) is 21.5 Å². The van der Waals surface area contributed by atoms with Crippen LogP contribution >= 0.6 is 22.7 Å². The largest absolute Gasteiger partial charge is 0.464 e. The van der Waals surface area contributed by atoms with E-state index < -0.39 is 0 Å². The number of furan rings is 1. The molecule has 0 aliphatic heterocycles. The summed E-state index contributed by atoms with van der Waals surface area (Å²) in [6.45, 7) is 2.74.